The Hall–Kier alpha value is -1.45. The van der Waals surface area contributed by atoms with E-state index in [4.69, 9.17) is 14.7 Å². The van der Waals surface area contributed by atoms with Gasteiger partial charge in [0.15, 0.2) is 0 Å². The minimum atomic E-state index is 0.461. The number of aromatic nitrogens is 3. The van der Waals surface area contributed by atoms with Crippen LogP contribution in [0.1, 0.15) is 67.5 Å². The zero-order valence-corrected chi connectivity index (χ0v) is 21.7. The summed E-state index contributed by atoms with van der Waals surface area (Å²) >= 11 is 6.47. The first-order valence-electron chi connectivity index (χ1n) is 12.9. The average Bonchev–Trinajstić information content (AvgIpc) is 3.52. The number of ether oxygens (including phenoxy) is 1. The maximum Gasteiger partial charge on any atom is 0.150 e. The molecule has 0 spiro atoms. The van der Waals surface area contributed by atoms with Gasteiger partial charge in [-0.3, -0.25) is 13.8 Å². The Balaban J connectivity index is 1.22. The summed E-state index contributed by atoms with van der Waals surface area (Å²) in [5.41, 5.74) is 4.51. The Morgan fingerprint density at radius 3 is 2.76 bits per heavy atom. The molecule has 6 rings (SSSR count). The summed E-state index contributed by atoms with van der Waals surface area (Å²) in [5.74, 6) is 0.589. The summed E-state index contributed by atoms with van der Waals surface area (Å²) in [6, 6.07) is 3.55. The van der Waals surface area contributed by atoms with Crippen molar-refractivity contribution in [2.45, 2.75) is 62.9 Å². The molecular weight excluding hydrogens is 462 g/mol. The van der Waals surface area contributed by atoms with Gasteiger partial charge in [0.25, 0.3) is 0 Å². The first kappa shape index (κ1) is 23.0. The highest BCUT2D eigenvalue weighted by molar-refractivity contribution is 7.78. The van der Waals surface area contributed by atoms with Gasteiger partial charge in [-0.15, -0.1) is 11.3 Å². The molecule has 1 aliphatic carbocycles. The van der Waals surface area contributed by atoms with Gasteiger partial charge in [-0.2, -0.15) is 0 Å². The quantitative estimate of drug-likeness (QED) is 0.491. The van der Waals surface area contributed by atoms with E-state index < -0.39 is 0 Å². The van der Waals surface area contributed by atoms with Gasteiger partial charge in [-0.1, -0.05) is 12.8 Å². The molecule has 0 aromatic carbocycles. The molecule has 2 aliphatic heterocycles. The van der Waals surface area contributed by atoms with Crippen LogP contribution >= 0.6 is 24.2 Å². The van der Waals surface area contributed by atoms with Crippen LogP contribution in [0, 0.1) is 0 Å². The number of hydrogen-bond donors (Lipinski definition) is 1. The molecule has 1 unspecified atom stereocenters. The van der Waals surface area contributed by atoms with Crippen LogP contribution in [0.2, 0.25) is 0 Å². The first-order chi connectivity index (χ1) is 16.7. The van der Waals surface area contributed by atoms with Crippen LogP contribution < -0.4 is 0 Å². The predicted molar refractivity (Wildman–Crippen MR) is 142 cm³/mol. The Morgan fingerprint density at radius 1 is 1.06 bits per heavy atom. The lowest BCUT2D eigenvalue weighted by Gasteiger charge is -2.36. The fourth-order valence-electron chi connectivity index (χ4n) is 6.23. The van der Waals surface area contributed by atoms with Crippen LogP contribution in [0.5, 0.6) is 0 Å². The summed E-state index contributed by atoms with van der Waals surface area (Å²) in [5, 5.41) is 4.62. The largest absolute Gasteiger partial charge is 0.380 e. The van der Waals surface area contributed by atoms with Crippen LogP contribution in [0.3, 0.4) is 0 Å². The van der Waals surface area contributed by atoms with Gasteiger partial charge in [-0.25, -0.2) is 9.97 Å². The Bertz CT molecular complexity index is 1130. The number of fused-ring (bicyclic) bond motifs is 1. The molecule has 2 saturated heterocycles. The van der Waals surface area contributed by atoms with Crippen molar-refractivity contribution in [3.05, 3.63) is 34.4 Å². The molecule has 5 heterocycles. The number of thiol groups is 1. The molecule has 6 nitrogen and oxygen atoms in total. The van der Waals surface area contributed by atoms with Crippen molar-refractivity contribution in [2.24, 2.45) is 0 Å². The van der Waals surface area contributed by atoms with Crippen molar-refractivity contribution in [1.82, 2.24) is 23.7 Å². The zero-order chi connectivity index (χ0) is 23.1. The summed E-state index contributed by atoms with van der Waals surface area (Å²) < 4.78 is 7.52. The second-order valence-electron chi connectivity index (χ2n) is 10.2. The van der Waals surface area contributed by atoms with Gasteiger partial charge in [0.1, 0.15) is 10.7 Å². The van der Waals surface area contributed by atoms with Gasteiger partial charge in [0.05, 0.1) is 18.3 Å². The fraction of sp³-hybridized carbons (Fsp3) is 0.615. The Kier molecular flexibility index (Phi) is 6.69. The molecule has 3 aliphatic rings. The topological polar surface area (TPSA) is 46.4 Å². The van der Waals surface area contributed by atoms with Gasteiger partial charge < -0.3 is 4.74 Å². The third kappa shape index (κ3) is 4.44. The minimum Gasteiger partial charge on any atom is -0.380 e. The van der Waals surface area contributed by atoms with Gasteiger partial charge in [-0.05, 0) is 76.1 Å². The average molecular weight is 498 g/mol. The van der Waals surface area contributed by atoms with Crippen molar-refractivity contribution in [3.8, 4) is 11.3 Å². The molecule has 0 bridgehead atoms. The summed E-state index contributed by atoms with van der Waals surface area (Å²) in [6.07, 6.45) is 12.8. The third-order valence-electron chi connectivity index (χ3n) is 8.19. The SMILES string of the molecule is CN1CCCC1c1nc(-c2cn(S)c3ncc([C@H]4CC[C@H](N5CCCOCC5)CC4)cc23)cs1. The summed E-state index contributed by atoms with van der Waals surface area (Å²) in [7, 11) is 2.21. The fourth-order valence-corrected chi connectivity index (χ4v) is 7.52. The van der Waals surface area contributed by atoms with Crippen molar-refractivity contribution in [2.75, 3.05) is 39.9 Å². The highest BCUT2D eigenvalue weighted by atomic mass is 32.1. The normalized spacial score (nSPS) is 27.4. The number of hydrogen-bond acceptors (Lipinski definition) is 7. The number of nitrogens with zero attached hydrogens (tertiary/aromatic N) is 5. The number of pyridine rings is 1. The molecule has 1 atom stereocenters. The standard InChI is InChI=1S/C26H35N5OS2/c1-29-9-2-4-24(29)26-28-23(17-34-26)22-16-31(33)25-21(22)14-19(15-27-25)18-5-7-20(8-6-18)30-10-3-12-32-13-11-30/h14-18,20,24,33H,2-13H2,1H3/t18-,20-,24?. The Labute approximate surface area is 211 Å². The molecule has 3 fully saturated rings. The Morgan fingerprint density at radius 2 is 1.94 bits per heavy atom. The molecule has 1 saturated carbocycles. The van der Waals surface area contributed by atoms with Crippen molar-refractivity contribution in [1.29, 1.82) is 0 Å². The van der Waals surface area contributed by atoms with E-state index in [1.807, 2.05) is 3.97 Å². The lowest BCUT2D eigenvalue weighted by Crippen LogP contribution is -2.39. The van der Waals surface area contributed by atoms with Crippen LogP contribution in [0.15, 0.2) is 23.8 Å². The van der Waals surface area contributed by atoms with E-state index in [0.29, 0.717) is 18.0 Å². The van der Waals surface area contributed by atoms with Gasteiger partial charge >= 0.3 is 0 Å². The number of likely N-dealkylation sites (tertiary alicyclic amines) is 1. The molecule has 0 radical (unpaired) electrons. The van der Waals surface area contributed by atoms with Crippen molar-refractivity contribution in [3.63, 3.8) is 0 Å². The van der Waals surface area contributed by atoms with E-state index in [9.17, 15) is 0 Å². The number of thiazole rings is 1. The monoisotopic (exact) mass is 497 g/mol. The first-order valence-corrected chi connectivity index (χ1v) is 14.1. The minimum absolute atomic E-state index is 0.461. The summed E-state index contributed by atoms with van der Waals surface area (Å²) in [4.78, 5) is 15.0. The van der Waals surface area contributed by atoms with E-state index in [1.54, 1.807) is 11.3 Å². The highest BCUT2D eigenvalue weighted by Crippen LogP contribution is 2.39. The van der Waals surface area contributed by atoms with Gasteiger partial charge in [0.2, 0.25) is 0 Å². The lowest BCUT2D eigenvalue weighted by molar-refractivity contribution is 0.118. The van der Waals surface area contributed by atoms with Gasteiger partial charge in [0, 0.05) is 54.5 Å². The molecule has 8 heteroatoms. The molecule has 34 heavy (non-hydrogen) atoms. The van der Waals surface area contributed by atoms with Crippen molar-refractivity contribution < 1.29 is 4.74 Å². The predicted octanol–water partition coefficient (Wildman–Crippen LogP) is 5.37. The van der Waals surface area contributed by atoms with Crippen LogP contribution in [-0.4, -0.2) is 69.7 Å². The van der Waals surface area contributed by atoms with Crippen LogP contribution in [0.25, 0.3) is 22.3 Å². The third-order valence-corrected chi connectivity index (χ3v) is 9.44. The zero-order valence-electron chi connectivity index (χ0n) is 20.0. The number of rotatable bonds is 4. The van der Waals surface area contributed by atoms with E-state index in [-0.39, 0.29) is 0 Å². The molecule has 182 valence electrons. The second-order valence-corrected chi connectivity index (χ2v) is 11.6. The lowest BCUT2D eigenvalue weighted by atomic mass is 9.81. The molecule has 3 aromatic rings. The molecule has 3 aromatic heterocycles. The van der Waals surface area contributed by atoms with Crippen LogP contribution in [-0.2, 0) is 4.74 Å². The maximum atomic E-state index is 5.67. The summed E-state index contributed by atoms with van der Waals surface area (Å²) in [6.45, 7) is 5.25. The van der Waals surface area contributed by atoms with Crippen LogP contribution in [0.4, 0.5) is 0 Å². The smallest absolute Gasteiger partial charge is 0.150 e. The van der Waals surface area contributed by atoms with E-state index in [2.05, 4.69) is 53.5 Å². The molecule has 0 N–H and O–H groups in total. The van der Waals surface area contributed by atoms with E-state index in [0.717, 1.165) is 43.2 Å². The van der Waals surface area contributed by atoms with E-state index >= 15 is 0 Å². The molecular formula is C26H35N5OS2. The highest BCUT2D eigenvalue weighted by Gasteiger charge is 2.29. The molecule has 0 amide bonds. The maximum absolute atomic E-state index is 5.67. The second kappa shape index (κ2) is 9.90. The van der Waals surface area contributed by atoms with Crippen molar-refractivity contribution >= 4 is 35.2 Å². The van der Waals surface area contributed by atoms with E-state index in [1.165, 1.54) is 67.4 Å².